The maximum atomic E-state index is 6.03. The van der Waals surface area contributed by atoms with Gasteiger partial charge in [-0.1, -0.05) is 64.5 Å². The number of hydrogen-bond donors (Lipinski definition) is 0. The molecule has 1 saturated heterocycles. The summed E-state index contributed by atoms with van der Waals surface area (Å²) in [4.78, 5) is 0. The summed E-state index contributed by atoms with van der Waals surface area (Å²) in [6.45, 7) is 6.59. The minimum absolute atomic E-state index is 0.0611. The highest BCUT2D eigenvalue weighted by molar-refractivity contribution is 5.28. The fourth-order valence-corrected chi connectivity index (χ4v) is 2.99. The van der Waals surface area contributed by atoms with E-state index in [1.807, 2.05) is 12.1 Å². The zero-order valence-corrected chi connectivity index (χ0v) is 15.5. The second-order valence-electron chi connectivity index (χ2n) is 6.75. The van der Waals surface area contributed by atoms with Gasteiger partial charge in [0.2, 0.25) is 0 Å². The normalized spacial score (nSPS) is 20.9. The summed E-state index contributed by atoms with van der Waals surface area (Å²) in [6, 6.07) is 8.27. The molecule has 1 aromatic carbocycles. The summed E-state index contributed by atoms with van der Waals surface area (Å²) in [5.41, 5.74) is 1.18. The minimum Gasteiger partial charge on any atom is -0.494 e. The van der Waals surface area contributed by atoms with Crippen LogP contribution in [0.25, 0.3) is 0 Å². The lowest BCUT2D eigenvalue weighted by Crippen LogP contribution is -2.31. The summed E-state index contributed by atoms with van der Waals surface area (Å²) in [5.74, 6) is 0.939. The van der Waals surface area contributed by atoms with Gasteiger partial charge < -0.3 is 14.2 Å². The van der Waals surface area contributed by atoms with Crippen molar-refractivity contribution < 1.29 is 14.2 Å². The van der Waals surface area contributed by atoms with Crippen LogP contribution in [0.5, 0.6) is 5.75 Å². The van der Waals surface area contributed by atoms with Crippen LogP contribution >= 0.6 is 0 Å². The van der Waals surface area contributed by atoms with Crippen molar-refractivity contribution in [1.82, 2.24) is 0 Å². The Morgan fingerprint density at radius 3 is 2.29 bits per heavy atom. The number of ether oxygens (including phenoxy) is 3. The third-order valence-corrected chi connectivity index (χ3v) is 4.61. The highest BCUT2D eigenvalue weighted by Gasteiger charge is 2.23. The van der Waals surface area contributed by atoms with Gasteiger partial charge in [0, 0.05) is 0 Å². The maximum absolute atomic E-state index is 6.03. The van der Waals surface area contributed by atoms with E-state index < -0.39 is 0 Å². The van der Waals surface area contributed by atoms with Crippen LogP contribution in [0, 0.1) is 0 Å². The molecule has 0 aromatic heterocycles. The van der Waals surface area contributed by atoms with E-state index in [1.54, 1.807) is 0 Å². The van der Waals surface area contributed by atoms with Gasteiger partial charge in [0.25, 0.3) is 0 Å². The molecule has 0 saturated carbocycles. The largest absolute Gasteiger partial charge is 0.494 e. The fourth-order valence-electron chi connectivity index (χ4n) is 2.99. The van der Waals surface area contributed by atoms with Crippen LogP contribution in [0.1, 0.15) is 76.9 Å². The number of hydrogen-bond acceptors (Lipinski definition) is 3. The van der Waals surface area contributed by atoms with Gasteiger partial charge in [-0.3, -0.25) is 0 Å². The van der Waals surface area contributed by atoms with Crippen LogP contribution in [0.3, 0.4) is 0 Å². The van der Waals surface area contributed by atoms with Crippen LogP contribution in [0.4, 0.5) is 0 Å². The topological polar surface area (TPSA) is 27.7 Å². The number of benzene rings is 1. The Labute approximate surface area is 147 Å². The van der Waals surface area contributed by atoms with Crippen molar-refractivity contribution in [3.63, 3.8) is 0 Å². The average Bonchev–Trinajstić information content (AvgIpc) is 2.63. The lowest BCUT2D eigenvalue weighted by molar-refractivity contribution is -0.137. The third kappa shape index (κ3) is 6.82. The number of unbranched alkanes of at least 4 members (excludes halogenated alkanes) is 5. The first kappa shape index (κ1) is 19.3. The van der Waals surface area contributed by atoms with Crippen molar-refractivity contribution in [3.8, 4) is 5.75 Å². The third-order valence-electron chi connectivity index (χ3n) is 4.61. The fraction of sp³-hybridized carbons (Fsp3) is 0.714. The van der Waals surface area contributed by atoms with E-state index >= 15 is 0 Å². The van der Waals surface area contributed by atoms with E-state index in [2.05, 4.69) is 26.0 Å². The van der Waals surface area contributed by atoms with Gasteiger partial charge in [-0.05, 0) is 30.5 Å². The molecule has 2 atom stereocenters. The first-order chi connectivity index (χ1) is 11.8. The van der Waals surface area contributed by atoms with Gasteiger partial charge in [0.1, 0.15) is 11.9 Å². The summed E-state index contributed by atoms with van der Waals surface area (Å²) < 4.78 is 17.7. The molecule has 3 nitrogen and oxygen atoms in total. The number of rotatable bonds is 11. The molecule has 0 unspecified atom stereocenters. The van der Waals surface area contributed by atoms with E-state index in [0.717, 1.165) is 31.6 Å². The molecule has 0 aliphatic carbocycles. The monoisotopic (exact) mass is 334 g/mol. The van der Waals surface area contributed by atoms with Crippen molar-refractivity contribution in [1.29, 1.82) is 0 Å². The van der Waals surface area contributed by atoms with Gasteiger partial charge in [0.15, 0.2) is 0 Å². The molecule has 1 heterocycles. The molecule has 0 radical (unpaired) electrons. The van der Waals surface area contributed by atoms with Gasteiger partial charge >= 0.3 is 0 Å². The first-order valence-corrected chi connectivity index (χ1v) is 9.79. The van der Waals surface area contributed by atoms with Gasteiger partial charge in [-0.15, -0.1) is 0 Å². The highest BCUT2D eigenvalue weighted by atomic mass is 16.6. The Morgan fingerprint density at radius 1 is 0.875 bits per heavy atom. The van der Waals surface area contributed by atoms with Crippen molar-refractivity contribution in [2.75, 3.05) is 19.8 Å². The smallest absolute Gasteiger partial charge is 0.119 e. The van der Waals surface area contributed by atoms with Crippen molar-refractivity contribution in [2.45, 2.75) is 77.4 Å². The van der Waals surface area contributed by atoms with Crippen LogP contribution in [-0.4, -0.2) is 25.9 Å². The van der Waals surface area contributed by atoms with Crippen LogP contribution < -0.4 is 4.74 Å². The lowest BCUT2D eigenvalue weighted by atomic mass is 10.1. The van der Waals surface area contributed by atoms with Gasteiger partial charge in [-0.25, -0.2) is 0 Å². The van der Waals surface area contributed by atoms with Crippen molar-refractivity contribution >= 4 is 0 Å². The average molecular weight is 335 g/mol. The molecular weight excluding hydrogens is 300 g/mol. The van der Waals surface area contributed by atoms with E-state index in [1.165, 1.54) is 37.7 Å². The molecule has 0 spiro atoms. The minimum atomic E-state index is 0.0611. The second kappa shape index (κ2) is 11.5. The SMILES string of the molecule is CCCCCCC[C@H]1CO[C@H](c2ccc(OCCCC)cc2)CO1. The predicted molar refractivity (Wildman–Crippen MR) is 98.7 cm³/mol. The Morgan fingerprint density at radius 2 is 1.62 bits per heavy atom. The molecule has 3 heteroatoms. The molecule has 1 aromatic rings. The quantitative estimate of drug-likeness (QED) is 0.487. The standard InChI is InChI=1S/C21H34O3/c1-3-5-7-8-9-10-20-16-24-21(17-23-20)18-11-13-19(14-12-18)22-15-6-4-2/h11-14,20-21H,3-10,15-17H2,1-2H3/t20-,21-/m0/s1. The molecular formula is C21H34O3. The molecule has 1 aliphatic rings. The Hall–Kier alpha value is -1.06. The summed E-state index contributed by atoms with van der Waals surface area (Å²) in [5, 5.41) is 0. The molecule has 1 fully saturated rings. The zero-order valence-electron chi connectivity index (χ0n) is 15.5. The zero-order chi connectivity index (χ0) is 17.0. The van der Waals surface area contributed by atoms with Crippen LogP contribution in [0.15, 0.2) is 24.3 Å². The second-order valence-corrected chi connectivity index (χ2v) is 6.75. The molecule has 0 N–H and O–H groups in total. The highest BCUT2D eigenvalue weighted by Crippen LogP contribution is 2.26. The first-order valence-electron chi connectivity index (χ1n) is 9.79. The molecule has 136 valence electrons. The maximum Gasteiger partial charge on any atom is 0.119 e. The molecule has 0 amide bonds. The van der Waals surface area contributed by atoms with E-state index in [-0.39, 0.29) is 12.2 Å². The van der Waals surface area contributed by atoms with Gasteiger partial charge in [0.05, 0.1) is 25.9 Å². The van der Waals surface area contributed by atoms with Gasteiger partial charge in [-0.2, -0.15) is 0 Å². The summed E-state index contributed by atoms with van der Waals surface area (Å²) in [7, 11) is 0. The van der Waals surface area contributed by atoms with Crippen molar-refractivity contribution in [2.24, 2.45) is 0 Å². The predicted octanol–water partition coefficient (Wildman–Crippen LogP) is 5.68. The molecule has 0 bridgehead atoms. The summed E-state index contributed by atoms with van der Waals surface area (Å²) >= 11 is 0. The molecule has 1 aliphatic heterocycles. The van der Waals surface area contributed by atoms with E-state index in [4.69, 9.17) is 14.2 Å². The van der Waals surface area contributed by atoms with Crippen molar-refractivity contribution in [3.05, 3.63) is 29.8 Å². The Bertz CT molecular complexity index is 421. The Kier molecular flexibility index (Phi) is 9.22. The van der Waals surface area contributed by atoms with Crippen LogP contribution in [0.2, 0.25) is 0 Å². The summed E-state index contributed by atoms with van der Waals surface area (Å²) in [6.07, 6.45) is 10.3. The Balaban J connectivity index is 1.66. The van der Waals surface area contributed by atoms with Crippen LogP contribution in [-0.2, 0) is 9.47 Å². The van der Waals surface area contributed by atoms with E-state index in [0.29, 0.717) is 13.2 Å². The van der Waals surface area contributed by atoms with E-state index in [9.17, 15) is 0 Å². The molecule has 2 rings (SSSR count). The lowest BCUT2D eigenvalue weighted by Gasteiger charge is -2.30. The molecule has 24 heavy (non-hydrogen) atoms.